The van der Waals surface area contributed by atoms with Crippen LogP contribution in [0.2, 0.25) is 0 Å². The number of hydrogen-bond donors (Lipinski definition) is 0. The van der Waals surface area contributed by atoms with Crippen molar-refractivity contribution in [3.8, 4) is 0 Å². The number of hydrogen-bond acceptors (Lipinski definition) is 7. The molecule has 0 aromatic carbocycles. The fraction of sp³-hybridized carbons (Fsp3) is 0.583. The second-order valence-corrected chi connectivity index (χ2v) is 4.76. The summed E-state index contributed by atoms with van der Waals surface area (Å²) in [6.07, 6.45) is 1.25. The fourth-order valence-corrected chi connectivity index (χ4v) is 2.39. The molecule has 1 aliphatic heterocycles. The van der Waals surface area contributed by atoms with Crippen molar-refractivity contribution in [3.05, 3.63) is 6.33 Å². The van der Waals surface area contributed by atoms with Crippen molar-refractivity contribution in [3.63, 3.8) is 0 Å². The summed E-state index contributed by atoms with van der Waals surface area (Å²) in [4.78, 5) is 24.0. The summed E-state index contributed by atoms with van der Waals surface area (Å²) in [5.74, 6) is 0.761. The molecule has 1 amide bonds. The first-order chi connectivity index (χ1) is 10.2. The highest BCUT2D eigenvalue weighted by Crippen LogP contribution is 2.21. The molecule has 0 N–H and O–H groups in total. The van der Waals surface area contributed by atoms with Crippen molar-refractivity contribution in [1.82, 2.24) is 29.9 Å². The second-order valence-electron chi connectivity index (χ2n) is 4.76. The number of rotatable bonds is 2. The lowest BCUT2D eigenvalue weighted by Crippen LogP contribution is -2.49. The summed E-state index contributed by atoms with van der Waals surface area (Å²) >= 11 is 0. The zero-order valence-corrected chi connectivity index (χ0v) is 12.1. The molecule has 3 rings (SSSR count). The Labute approximate surface area is 121 Å². The zero-order chi connectivity index (χ0) is 14.8. The average Bonchev–Trinajstić information content (AvgIpc) is 2.89. The molecule has 1 fully saturated rings. The van der Waals surface area contributed by atoms with Crippen LogP contribution in [-0.2, 0) is 11.8 Å². The van der Waals surface area contributed by atoms with Crippen LogP contribution in [0.4, 0.5) is 10.6 Å². The highest BCUT2D eigenvalue weighted by Gasteiger charge is 2.24. The van der Waals surface area contributed by atoms with Gasteiger partial charge in [0.15, 0.2) is 17.0 Å². The van der Waals surface area contributed by atoms with E-state index in [2.05, 4.69) is 25.2 Å². The summed E-state index contributed by atoms with van der Waals surface area (Å²) in [6, 6.07) is 0. The van der Waals surface area contributed by atoms with Gasteiger partial charge >= 0.3 is 6.09 Å². The van der Waals surface area contributed by atoms with E-state index in [1.54, 1.807) is 23.6 Å². The van der Waals surface area contributed by atoms with Crippen molar-refractivity contribution in [2.24, 2.45) is 7.05 Å². The number of amides is 1. The average molecular weight is 291 g/mol. The molecule has 2 aromatic heterocycles. The van der Waals surface area contributed by atoms with E-state index in [-0.39, 0.29) is 6.09 Å². The fourth-order valence-electron chi connectivity index (χ4n) is 2.39. The molecule has 112 valence electrons. The van der Waals surface area contributed by atoms with Crippen molar-refractivity contribution in [2.75, 3.05) is 37.7 Å². The molecule has 0 bridgehead atoms. The van der Waals surface area contributed by atoms with Gasteiger partial charge in [0, 0.05) is 33.2 Å². The maximum atomic E-state index is 11.7. The van der Waals surface area contributed by atoms with Crippen molar-refractivity contribution in [2.45, 2.75) is 6.92 Å². The number of carbonyl (C=O) groups is 1. The number of nitrogens with zero attached hydrogens (tertiary/aromatic N) is 7. The van der Waals surface area contributed by atoms with Crippen LogP contribution >= 0.6 is 0 Å². The summed E-state index contributed by atoms with van der Waals surface area (Å²) in [5.41, 5.74) is 1.39. The first-order valence-electron chi connectivity index (χ1n) is 6.87. The molecule has 1 saturated heterocycles. The molecule has 9 nitrogen and oxygen atoms in total. The van der Waals surface area contributed by atoms with E-state index in [1.165, 1.54) is 6.33 Å². The zero-order valence-electron chi connectivity index (χ0n) is 12.1. The van der Waals surface area contributed by atoms with E-state index >= 15 is 0 Å². The van der Waals surface area contributed by atoms with Gasteiger partial charge in [0.1, 0.15) is 6.33 Å². The molecule has 0 saturated carbocycles. The molecule has 21 heavy (non-hydrogen) atoms. The normalized spacial score (nSPS) is 15.5. The third kappa shape index (κ3) is 2.46. The van der Waals surface area contributed by atoms with Crippen LogP contribution < -0.4 is 4.90 Å². The minimum atomic E-state index is -0.260. The van der Waals surface area contributed by atoms with Crippen LogP contribution in [0.3, 0.4) is 0 Å². The highest BCUT2D eigenvalue weighted by molar-refractivity contribution is 5.82. The second kappa shape index (κ2) is 5.51. The van der Waals surface area contributed by atoms with Gasteiger partial charge in [0.25, 0.3) is 0 Å². The van der Waals surface area contributed by atoms with Gasteiger partial charge in [-0.1, -0.05) is 5.21 Å². The summed E-state index contributed by atoms with van der Waals surface area (Å²) in [5, 5.41) is 8.09. The Bertz CT molecular complexity index is 648. The number of ether oxygens (including phenoxy) is 1. The van der Waals surface area contributed by atoms with E-state index in [9.17, 15) is 4.79 Å². The summed E-state index contributed by atoms with van der Waals surface area (Å²) in [6.45, 7) is 4.77. The quantitative estimate of drug-likeness (QED) is 0.771. The van der Waals surface area contributed by atoms with Crippen LogP contribution in [-0.4, -0.2) is 68.7 Å². The Hall–Kier alpha value is -2.45. The standard InChI is InChI=1S/C12H17N7O2/c1-3-21-12(20)19-6-4-18(5-7-19)11-9-10(13-8-14-11)17(2)16-15-9/h8H,3-7H2,1-2H3. The number of aryl methyl sites for hydroxylation is 1. The Morgan fingerprint density at radius 1 is 1.29 bits per heavy atom. The maximum Gasteiger partial charge on any atom is 0.409 e. The predicted molar refractivity (Wildman–Crippen MR) is 74.9 cm³/mol. The Morgan fingerprint density at radius 3 is 2.76 bits per heavy atom. The number of carbonyl (C=O) groups excluding carboxylic acids is 1. The van der Waals surface area contributed by atoms with Gasteiger partial charge in [0.05, 0.1) is 6.61 Å². The molecule has 0 spiro atoms. The lowest BCUT2D eigenvalue weighted by molar-refractivity contribution is 0.105. The first kappa shape index (κ1) is 13.5. The van der Waals surface area contributed by atoms with E-state index < -0.39 is 0 Å². The van der Waals surface area contributed by atoms with E-state index in [1.807, 2.05) is 0 Å². The van der Waals surface area contributed by atoms with Gasteiger partial charge in [-0.2, -0.15) is 0 Å². The third-order valence-corrected chi connectivity index (χ3v) is 3.47. The molecule has 0 aliphatic carbocycles. The Kier molecular flexibility index (Phi) is 3.55. The van der Waals surface area contributed by atoms with Gasteiger partial charge < -0.3 is 14.5 Å². The smallest absolute Gasteiger partial charge is 0.409 e. The van der Waals surface area contributed by atoms with Crippen molar-refractivity contribution in [1.29, 1.82) is 0 Å². The van der Waals surface area contributed by atoms with Crippen molar-refractivity contribution < 1.29 is 9.53 Å². The molecule has 3 heterocycles. The van der Waals surface area contributed by atoms with Crippen LogP contribution in [0.1, 0.15) is 6.92 Å². The van der Waals surface area contributed by atoms with Crippen LogP contribution in [0, 0.1) is 0 Å². The van der Waals surface area contributed by atoms with Gasteiger partial charge in [-0.15, -0.1) is 5.10 Å². The number of fused-ring (bicyclic) bond motifs is 1. The lowest BCUT2D eigenvalue weighted by Gasteiger charge is -2.34. The van der Waals surface area contributed by atoms with E-state index in [0.29, 0.717) is 43.9 Å². The van der Waals surface area contributed by atoms with Crippen LogP contribution in [0.15, 0.2) is 6.33 Å². The molecule has 2 aromatic rings. The summed E-state index contributed by atoms with van der Waals surface area (Å²) < 4.78 is 6.63. The number of anilines is 1. The topological polar surface area (TPSA) is 89.3 Å². The van der Waals surface area contributed by atoms with E-state index in [0.717, 1.165) is 5.82 Å². The monoisotopic (exact) mass is 291 g/mol. The Balaban J connectivity index is 1.75. The van der Waals surface area contributed by atoms with Crippen LogP contribution in [0.25, 0.3) is 11.2 Å². The minimum Gasteiger partial charge on any atom is -0.450 e. The number of piperazine rings is 1. The van der Waals surface area contributed by atoms with Crippen LogP contribution in [0.5, 0.6) is 0 Å². The summed E-state index contributed by atoms with van der Waals surface area (Å²) in [7, 11) is 1.80. The SMILES string of the molecule is CCOC(=O)N1CCN(c2ncnc3c2nnn3C)CC1. The molecule has 0 radical (unpaired) electrons. The lowest BCUT2D eigenvalue weighted by atomic mass is 10.3. The van der Waals surface area contributed by atoms with Gasteiger partial charge in [0.2, 0.25) is 0 Å². The first-order valence-corrected chi connectivity index (χ1v) is 6.87. The Morgan fingerprint density at radius 2 is 2.05 bits per heavy atom. The largest absolute Gasteiger partial charge is 0.450 e. The third-order valence-electron chi connectivity index (χ3n) is 3.47. The van der Waals surface area contributed by atoms with E-state index in [4.69, 9.17) is 4.74 Å². The molecular formula is C12H17N7O2. The molecule has 1 aliphatic rings. The molecular weight excluding hydrogens is 274 g/mol. The van der Waals surface area contributed by atoms with Gasteiger partial charge in [-0.3, -0.25) is 0 Å². The van der Waals surface area contributed by atoms with Crippen molar-refractivity contribution >= 4 is 23.1 Å². The molecule has 0 unspecified atom stereocenters. The number of aromatic nitrogens is 5. The molecule has 0 atom stereocenters. The molecule has 9 heteroatoms. The van der Waals surface area contributed by atoms with Gasteiger partial charge in [-0.25, -0.2) is 19.4 Å². The predicted octanol–water partition coefficient (Wildman–Crippen LogP) is 0.0368. The van der Waals surface area contributed by atoms with Gasteiger partial charge in [-0.05, 0) is 6.92 Å². The maximum absolute atomic E-state index is 11.7. The highest BCUT2D eigenvalue weighted by atomic mass is 16.6. The minimum absolute atomic E-state index is 0.260.